The highest BCUT2D eigenvalue weighted by atomic mass is 79.9. The van der Waals surface area contributed by atoms with Gasteiger partial charge >= 0.3 is 0 Å². The zero-order valence-corrected chi connectivity index (χ0v) is 11.6. The van der Waals surface area contributed by atoms with Crippen molar-refractivity contribution >= 4 is 50.4 Å². The highest BCUT2D eigenvalue weighted by Gasteiger charge is 2.35. The Morgan fingerprint density at radius 2 is 1.75 bits per heavy atom. The summed E-state index contributed by atoms with van der Waals surface area (Å²) in [6, 6.07) is 0. The van der Waals surface area contributed by atoms with Gasteiger partial charge in [-0.25, -0.2) is 0 Å². The van der Waals surface area contributed by atoms with Crippen LogP contribution in [0.15, 0.2) is 14.0 Å². The molecule has 0 aliphatic carbocycles. The maximum Gasteiger partial charge on any atom is 0.269 e. The number of nitrogens with zero attached hydrogens (tertiary/aromatic N) is 2. The highest BCUT2D eigenvalue weighted by Crippen LogP contribution is 2.28. The number of imide groups is 1. The van der Waals surface area contributed by atoms with Gasteiger partial charge in [0, 0.05) is 0 Å². The molecular weight excluding hydrogens is 344 g/mol. The molecule has 0 bridgehead atoms. The molecule has 0 atom stereocenters. The average molecular weight is 354 g/mol. The molecule has 0 fully saturated rings. The number of hydrogen-bond donors (Lipinski definition) is 0. The molecule has 0 N–H and O–H groups in total. The Morgan fingerprint density at radius 1 is 1.19 bits per heavy atom. The summed E-state index contributed by atoms with van der Waals surface area (Å²) in [5.74, 6) is -0.690. The summed E-state index contributed by atoms with van der Waals surface area (Å²) in [4.78, 5) is 27.8. The van der Waals surface area contributed by atoms with Crippen LogP contribution in [-0.2, 0) is 14.3 Å². The second-order valence-corrected chi connectivity index (χ2v) is 4.54. The van der Waals surface area contributed by atoms with E-state index in [4.69, 9.17) is 4.74 Å². The van der Waals surface area contributed by atoms with E-state index in [0.29, 0.717) is 19.8 Å². The number of hydrogen-bond acceptors (Lipinski definition) is 4. The van der Waals surface area contributed by atoms with Crippen molar-refractivity contribution in [2.45, 2.75) is 0 Å². The molecule has 0 aromatic carbocycles. The van der Waals surface area contributed by atoms with Gasteiger partial charge < -0.3 is 4.74 Å². The van der Waals surface area contributed by atoms with Crippen LogP contribution in [0.3, 0.4) is 0 Å². The Balaban J connectivity index is 2.38. The van der Waals surface area contributed by atoms with Crippen molar-refractivity contribution in [3.8, 4) is 0 Å². The quantitative estimate of drug-likeness (QED) is 0.408. The van der Waals surface area contributed by atoms with Gasteiger partial charge in [0.2, 0.25) is 0 Å². The topological polar surface area (TPSA) is 59.0 Å². The zero-order valence-electron chi connectivity index (χ0n) is 8.41. The van der Waals surface area contributed by atoms with E-state index in [-0.39, 0.29) is 27.3 Å². The van der Waals surface area contributed by atoms with E-state index in [1.54, 1.807) is 0 Å². The SMILES string of the molecule is C=NCCOCCN1C(=O)C(Br)=C(Br)C1=O. The van der Waals surface area contributed by atoms with Crippen molar-refractivity contribution in [1.82, 2.24) is 4.90 Å². The fraction of sp³-hybridized carbons (Fsp3) is 0.444. The van der Waals surface area contributed by atoms with Crippen LogP contribution in [0.4, 0.5) is 0 Å². The summed E-state index contributed by atoms with van der Waals surface area (Å²) in [6.07, 6.45) is 0. The molecule has 1 aliphatic rings. The molecule has 16 heavy (non-hydrogen) atoms. The number of aliphatic imine (C=N–C) groups is 1. The van der Waals surface area contributed by atoms with Gasteiger partial charge in [0.05, 0.1) is 26.3 Å². The standard InChI is InChI=1S/C9H10Br2N2O3/c1-12-2-4-16-5-3-13-8(14)6(10)7(11)9(13)15/h1-5H2. The van der Waals surface area contributed by atoms with Crippen LogP contribution in [0.25, 0.3) is 0 Å². The third kappa shape index (κ3) is 2.99. The molecule has 5 nitrogen and oxygen atoms in total. The van der Waals surface area contributed by atoms with Crippen molar-refractivity contribution in [2.24, 2.45) is 4.99 Å². The predicted molar refractivity (Wildman–Crippen MR) is 66.8 cm³/mol. The van der Waals surface area contributed by atoms with E-state index in [2.05, 4.69) is 43.6 Å². The Kier molecular flexibility index (Phi) is 5.30. The van der Waals surface area contributed by atoms with Crippen molar-refractivity contribution in [1.29, 1.82) is 0 Å². The van der Waals surface area contributed by atoms with Crippen LogP contribution in [-0.4, -0.2) is 49.7 Å². The number of carbonyl (C=O) groups excluding carboxylic acids is 2. The zero-order chi connectivity index (χ0) is 12.1. The van der Waals surface area contributed by atoms with Crippen LogP contribution in [0.5, 0.6) is 0 Å². The third-order valence-electron chi connectivity index (χ3n) is 1.91. The smallest absolute Gasteiger partial charge is 0.269 e. The predicted octanol–water partition coefficient (Wildman–Crippen LogP) is 1.07. The number of carbonyl (C=O) groups is 2. The molecule has 0 aromatic rings. The van der Waals surface area contributed by atoms with Crippen LogP contribution in [0, 0.1) is 0 Å². The van der Waals surface area contributed by atoms with E-state index in [9.17, 15) is 9.59 Å². The molecule has 1 rings (SSSR count). The fourth-order valence-electron chi connectivity index (χ4n) is 1.11. The van der Waals surface area contributed by atoms with Crippen molar-refractivity contribution in [3.63, 3.8) is 0 Å². The lowest BCUT2D eigenvalue weighted by molar-refractivity contribution is -0.137. The summed E-state index contributed by atoms with van der Waals surface area (Å²) in [5.41, 5.74) is 0. The van der Waals surface area contributed by atoms with E-state index in [1.165, 1.54) is 0 Å². The molecule has 88 valence electrons. The molecule has 2 amide bonds. The Bertz CT molecular complexity index is 331. The summed E-state index contributed by atoms with van der Waals surface area (Å²) in [5, 5.41) is 0. The monoisotopic (exact) mass is 352 g/mol. The summed E-state index contributed by atoms with van der Waals surface area (Å²) in [6.45, 7) is 4.79. The minimum atomic E-state index is -0.345. The van der Waals surface area contributed by atoms with Gasteiger partial charge in [-0.3, -0.25) is 19.5 Å². The fourth-order valence-corrected chi connectivity index (χ4v) is 1.87. The van der Waals surface area contributed by atoms with Crippen LogP contribution in [0.1, 0.15) is 0 Å². The first-order valence-corrected chi connectivity index (χ1v) is 6.10. The Hall–Kier alpha value is -0.530. The first kappa shape index (κ1) is 13.5. The van der Waals surface area contributed by atoms with E-state index in [1.807, 2.05) is 0 Å². The lowest BCUT2D eigenvalue weighted by Gasteiger charge is -2.13. The van der Waals surface area contributed by atoms with E-state index < -0.39 is 0 Å². The average Bonchev–Trinajstić information content (AvgIpc) is 2.46. The molecule has 0 unspecified atom stereocenters. The maximum absolute atomic E-state index is 11.5. The molecule has 0 aromatic heterocycles. The minimum absolute atomic E-state index is 0.235. The van der Waals surface area contributed by atoms with Gasteiger partial charge in [-0.1, -0.05) is 0 Å². The third-order valence-corrected chi connectivity index (χ3v) is 3.91. The first-order valence-electron chi connectivity index (χ1n) is 4.51. The minimum Gasteiger partial charge on any atom is -0.378 e. The van der Waals surface area contributed by atoms with Gasteiger partial charge in [0.1, 0.15) is 8.96 Å². The molecule has 7 heteroatoms. The van der Waals surface area contributed by atoms with Crippen LogP contribution in [0.2, 0.25) is 0 Å². The summed E-state index contributed by atoms with van der Waals surface area (Å²) in [7, 11) is 0. The molecule has 1 aliphatic heterocycles. The molecule has 0 saturated heterocycles. The second kappa shape index (κ2) is 6.27. The van der Waals surface area contributed by atoms with Crippen molar-refractivity contribution < 1.29 is 14.3 Å². The van der Waals surface area contributed by atoms with Crippen LogP contribution < -0.4 is 0 Å². The molecule has 0 spiro atoms. The maximum atomic E-state index is 11.5. The highest BCUT2D eigenvalue weighted by molar-refractivity contribution is 9.14. The van der Waals surface area contributed by atoms with Gasteiger partial charge in [0.15, 0.2) is 0 Å². The normalized spacial score (nSPS) is 16.2. The number of halogens is 2. The van der Waals surface area contributed by atoms with Crippen molar-refractivity contribution in [3.05, 3.63) is 8.96 Å². The molecule has 0 radical (unpaired) electrons. The lowest BCUT2D eigenvalue weighted by Crippen LogP contribution is -2.34. The molecular formula is C9H10Br2N2O3. The summed E-state index contributed by atoms with van der Waals surface area (Å²) < 4.78 is 5.68. The number of amides is 2. The first-order chi connectivity index (χ1) is 7.59. The van der Waals surface area contributed by atoms with Gasteiger partial charge in [-0.05, 0) is 38.6 Å². The lowest BCUT2D eigenvalue weighted by atomic mass is 10.5. The van der Waals surface area contributed by atoms with Crippen molar-refractivity contribution in [2.75, 3.05) is 26.3 Å². The number of rotatable bonds is 6. The Labute approximate surface area is 110 Å². The van der Waals surface area contributed by atoms with Gasteiger partial charge in [0.25, 0.3) is 11.8 Å². The molecule has 0 saturated carbocycles. The van der Waals surface area contributed by atoms with E-state index in [0.717, 1.165) is 4.90 Å². The van der Waals surface area contributed by atoms with Gasteiger partial charge in [-0.2, -0.15) is 0 Å². The van der Waals surface area contributed by atoms with Crippen LogP contribution >= 0.6 is 31.9 Å². The molecule has 1 heterocycles. The van der Waals surface area contributed by atoms with E-state index >= 15 is 0 Å². The second-order valence-electron chi connectivity index (χ2n) is 2.95. The largest absolute Gasteiger partial charge is 0.378 e. The Morgan fingerprint density at radius 3 is 2.25 bits per heavy atom. The summed E-state index contributed by atoms with van der Waals surface area (Å²) >= 11 is 6.08. The number of ether oxygens (including phenoxy) is 1. The van der Waals surface area contributed by atoms with Gasteiger partial charge in [-0.15, -0.1) is 0 Å².